The molecule has 0 atom stereocenters. The molecular formula is C115H89BI2N7O2. The lowest BCUT2D eigenvalue weighted by atomic mass is 10.1. The van der Waals surface area contributed by atoms with E-state index in [0.717, 1.165) is 41.1 Å². The number of aromatic amines is 1. The van der Waals surface area contributed by atoms with Gasteiger partial charge in [-0.2, -0.15) is 0 Å². The molecule has 0 fully saturated rings. The highest BCUT2D eigenvalue weighted by atomic mass is 127. The molecule has 0 unspecified atom stereocenters. The molecule has 7 heterocycles. The average molecular weight is 1870 g/mol. The Balaban J connectivity index is 0.000000146. The van der Waals surface area contributed by atoms with Gasteiger partial charge in [0.05, 0.1) is 66.6 Å². The van der Waals surface area contributed by atoms with Crippen LogP contribution in [0.4, 0.5) is 0 Å². The largest absolute Gasteiger partial charge is 0.481 e. The number of nitrogens with one attached hydrogen (secondary N) is 1. The van der Waals surface area contributed by atoms with E-state index in [1.807, 2.05) is 18.2 Å². The lowest BCUT2D eigenvalue weighted by Gasteiger charge is -2.14. The molecule has 18 aromatic carbocycles. The van der Waals surface area contributed by atoms with Crippen LogP contribution in [-0.4, -0.2) is 51.9 Å². The van der Waals surface area contributed by atoms with Crippen LogP contribution < -0.4 is 0 Å². The summed E-state index contributed by atoms with van der Waals surface area (Å²) in [6.07, 6.45) is 0. The third-order valence-electron chi connectivity index (χ3n) is 23.1. The molecule has 0 aliphatic rings. The summed E-state index contributed by atoms with van der Waals surface area (Å²) in [5.74, 6) is -0.833. The minimum atomic E-state index is -0.833. The van der Waals surface area contributed by atoms with E-state index in [2.05, 4.69) is 520 Å². The Morgan fingerprint density at radius 3 is 0.787 bits per heavy atom. The highest BCUT2D eigenvalue weighted by Crippen LogP contribution is 2.43. The third-order valence-corrected chi connectivity index (χ3v) is 24.5. The normalized spacial score (nSPS) is 11.0. The van der Waals surface area contributed by atoms with Crippen molar-refractivity contribution in [3.8, 4) is 56.6 Å². The van der Waals surface area contributed by atoms with Crippen molar-refractivity contribution in [2.45, 2.75) is 14.4 Å². The Morgan fingerprint density at radius 1 is 0.236 bits per heavy atom. The highest BCUT2D eigenvalue weighted by molar-refractivity contribution is 14.1. The Hall–Kier alpha value is -15.0. The number of fused-ring (bicyclic) bond motifs is 17. The number of H-pyrrole nitrogens is 1. The number of carboxylic acids is 1. The zero-order valence-corrected chi connectivity index (χ0v) is 73.1. The van der Waals surface area contributed by atoms with Crippen LogP contribution in [0.15, 0.2) is 461 Å². The second-order valence-corrected chi connectivity index (χ2v) is 33.3. The van der Waals surface area contributed by atoms with Crippen LogP contribution >= 0.6 is 45.2 Å². The van der Waals surface area contributed by atoms with Crippen LogP contribution in [0.3, 0.4) is 0 Å². The number of hydrogen-bond acceptors (Lipinski definition) is 1. The summed E-state index contributed by atoms with van der Waals surface area (Å²) in [5.41, 5.74) is 26.2. The van der Waals surface area contributed by atoms with Gasteiger partial charge in [-0.1, -0.05) is 286 Å². The van der Waals surface area contributed by atoms with Crippen molar-refractivity contribution in [3.05, 3.63) is 468 Å². The number of rotatable bonds is 8. The van der Waals surface area contributed by atoms with Crippen molar-refractivity contribution in [2.24, 2.45) is 0 Å². The van der Waals surface area contributed by atoms with E-state index >= 15 is 0 Å². The molecule has 3 radical (unpaired) electrons. The lowest BCUT2D eigenvalue weighted by molar-refractivity contribution is -0.134. The van der Waals surface area contributed by atoms with Crippen LogP contribution in [0.5, 0.6) is 0 Å². The summed E-state index contributed by atoms with van der Waals surface area (Å²) >= 11 is 4.66. The van der Waals surface area contributed by atoms with E-state index in [4.69, 9.17) is 9.90 Å². The van der Waals surface area contributed by atoms with Gasteiger partial charge < -0.3 is 37.5 Å². The smallest absolute Gasteiger partial charge is 0.300 e. The van der Waals surface area contributed by atoms with E-state index in [9.17, 15) is 0 Å². The van der Waals surface area contributed by atoms with Crippen molar-refractivity contribution < 1.29 is 12.8 Å². The fourth-order valence-corrected chi connectivity index (χ4v) is 18.7. The standard InChI is InChI=1S/C58H38N4.C18H12IN.C18H13N.C12H9N.C6H5I.C2H4O2.CH4.B.2H2/c1-5-17-39(18-6-1)55-33-41-35-58-42(36-57(41)61(55)45-29-31-53-49(37-45)47-25-13-15-27-51(47)59(53)43-21-9-3-10-22-43)34-56(40-19-7-2-8-20-40)62(58)46-30-32-54-50(38-46)48-26-14-16-28-52(48)60(54)44-23-11-4-12-24-44;19-13-10-11-18-16(12-13)15-8-4-5-9-17(15)20(18)14-6-2-1-3-7-14;1-2-8-14(9-3-1)19-17-12-6-4-10-15(17)16-11-5-7-13-18(16)19;1-3-7-11-9(5-1)10-6-2-4-8-12(10)13-11;7-6-4-2-1-3-5-6;1-2(3)4;;;;/h1-38H;1-12H;1-13H;1-8,13H;1-5H;1H3,(H,3,4);1H4;;2*1H/i;;;;;;;;2*1+1. The van der Waals surface area contributed by atoms with Gasteiger partial charge in [0.2, 0.25) is 0 Å². The Kier molecular flexibility index (Phi) is 24.1. The van der Waals surface area contributed by atoms with Gasteiger partial charge in [0.25, 0.3) is 5.97 Å². The molecule has 613 valence electrons. The Labute approximate surface area is 768 Å². The molecule has 0 saturated carbocycles. The van der Waals surface area contributed by atoms with E-state index < -0.39 is 5.97 Å². The third kappa shape index (κ3) is 16.2. The van der Waals surface area contributed by atoms with Gasteiger partial charge in [0.15, 0.2) is 0 Å². The van der Waals surface area contributed by atoms with Crippen LogP contribution in [-0.2, 0) is 4.79 Å². The Morgan fingerprint density at radius 2 is 0.480 bits per heavy atom. The molecule has 7 aromatic heterocycles. The molecule has 0 amide bonds. The van der Waals surface area contributed by atoms with E-state index in [0.29, 0.717) is 0 Å². The SMILES string of the molecule is C.CC(=O)O.Ic1ccc2c(c1)c1ccccc1n2-c1ccccc1.Ic1ccccc1.[2HH].[2HH].[B].c1ccc(-c2cc3cc4c(cc(-c5ccccc5)n4-c4ccc5c(c4)c4ccccc4n5-c4ccccc4)cc3n2-c2ccc3c(c2)c2ccccc2n3-c2ccccc2)cc1.c1ccc(-n2c3ccccc3c3ccccc32)cc1.c1ccc2c(c1)[nH]c1ccccc12. The van der Waals surface area contributed by atoms with Crippen molar-refractivity contribution in [1.82, 2.24) is 32.4 Å². The molecule has 127 heavy (non-hydrogen) atoms. The molecule has 12 heteroatoms. The number of hydrogen-bond donors (Lipinski definition) is 2. The molecular weight excluding hydrogens is 1780 g/mol. The first-order valence-corrected chi connectivity index (χ1v) is 43.9. The lowest BCUT2D eigenvalue weighted by Crippen LogP contribution is -1.98. The summed E-state index contributed by atoms with van der Waals surface area (Å²) in [4.78, 5) is 12.4. The van der Waals surface area contributed by atoms with E-state index in [-0.39, 0.29) is 18.7 Å². The minimum absolute atomic E-state index is 0. The van der Waals surface area contributed by atoms with Crippen LogP contribution in [0.2, 0.25) is 0 Å². The quantitative estimate of drug-likeness (QED) is 0.117. The van der Waals surface area contributed by atoms with Gasteiger partial charge in [-0.05, 0) is 238 Å². The van der Waals surface area contributed by atoms with Crippen LogP contribution in [0.1, 0.15) is 17.2 Å². The second-order valence-electron chi connectivity index (χ2n) is 30.8. The summed E-state index contributed by atoms with van der Waals surface area (Å²) in [6.45, 7) is 1.08. The molecule has 25 rings (SSSR count). The fourth-order valence-electron chi connectivity index (χ4n) is 17.8. The molecule has 0 aliphatic carbocycles. The first kappa shape index (κ1) is 83.0. The average Bonchev–Trinajstić information content (AvgIpc) is 1.55. The van der Waals surface area contributed by atoms with Crippen LogP contribution in [0.25, 0.3) is 187 Å². The predicted molar refractivity (Wildman–Crippen MR) is 559 cm³/mol. The first-order chi connectivity index (χ1) is 61.6. The van der Waals surface area contributed by atoms with Crippen molar-refractivity contribution in [2.75, 3.05) is 0 Å². The van der Waals surface area contributed by atoms with Gasteiger partial charge in [-0.15, -0.1) is 0 Å². The maximum absolute atomic E-state index is 9.00. The number of benzene rings is 18. The van der Waals surface area contributed by atoms with Crippen molar-refractivity contribution >= 4 is 190 Å². The molecule has 9 nitrogen and oxygen atoms in total. The van der Waals surface area contributed by atoms with Gasteiger partial charge >= 0.3 is 0 Å². The molecule has 0 saturated heterocycles. The van der Waals surface area contributed by atoms with Crippen LogP contribution in [0, 0.1) is 7.14 Å². The van der Waals surface area contributed by atoms with E-state index in [1.165, 1.54) is 160 Å². The molecule has 0 bridgehead atoms. The Bertz CT molecular complexity index is 7880. The summed E-state index contributed by atoms with van der Waals surface area (Å²) in [7, 11) is 0. The number of para-hydroxylation sites is 11. The van der Waals surface area contributed by atoms with E-state index in [1.54, 1.807) is 0 Å². The summed E-state index contributed by atoms with van der Waals surface area (Å²) in [5, 5.41) is 22.6. The molecule has 25 aromatic rings. The second kappa shape index (κ2) is 36.8. The van der Waals surface area contributed by atoms with Gasteiger partial charge in [0.1, 0.15) is 0 Å². The fraction of sp³-hybridized carbons (Fsp3) is 0.0174. The summed E-state index contributed by atoms with van der Waals surface area (Å²) < 4.78 is 16.9. The number of carboxylic acid groups (broad SMARTS) is 1. The number of carbonyl (C=O) groups is 1. The van der Waals surface area contributed by atoms with Crippen molar-refractivity contribution in [1.29, 1.82) is 0 Å². The summed E-state index contributed by atoms with van der Waals surface area (Å²) in [6, 6.07) is 164. The molecule has 0 spiro atoms. The maximum atomic E-state index is 9.00. The minimum Gasteiger partial charge on any atom is -0.481 e. The van der Waals surface area contributed by atoms with Gasteiger partial charge in [-0.25, -0.2) is 0 Å². The highest BCUT2D eigenvalue weighted by Gasteiger charge is 2.23. The first-order valence-electron chi connectivity index (χ1n) is 41.8. The molecule has 2 N–H and O–H groups in total. The molecule has 0 aliphatic heterocycles. The zero-order valence-electron chi connectivity index (χ0n) is 68.8. The monoisotopic (exact) mass is 1870 g/mol. The number of nitrogens with zero attached hydrogens (tertiary/aromatic N) is 6. The van der Waals surface area contributed by atoms with Gasteiger partial charge in [-0.3, -0.25) is 4.79 Å². The topological polar surface area (TPSA) is 82.7 Å². The van der Waals surface area contributed by atoms with Crippen molar-refractivity contribution in [3.63, 3.8) is 0 Å². The number of halogens is 2. The maximum Gasteiger partial charge on any atom is 0.300 e. The predicted octanol–water partition coefficient (Wildman–Crippen LogP) is 31.7. The van der Waals surface area contributed by atoms with Gasteiger partial charge in [0, 0.05) is 135 Å². The number of aliphatic carboxylic acids is 1. The number of aromatic nitrogens is 7. The zero-order chi connectivity index (χ0) is 84.3.